The van der Waals surface area contributed by atoms with Gasteiger partial charge in [0.1, 0.15) is 12.2 Å². The van der Waals surface area contributed by atoms with Crippen molar-refractivity contribution in [3.05, 3.63) is 52.1 Å². The van der Waals surface area contributed by atoms with Crippen molar-refractivity contribution in [1.82, 2.24) is 29.6 Å². The van der Waals surface area contributed by atoms with E-state index in [9.17, 15) is 9.59 Å². The van der Waals surface area contributed by atoms with E-state index in [1.165, 1.54) is 0 Å². The molecule has 3 heterocycles. The Morgan fingerprint density at radius 2 is 2.19 bits per heavy atom. The van der Waals surface area contributed by atoms with E-state index in [-0.39, 0.29) is 11.5 Å². The van der Waals surface area contributed by atoms with E-state index in [0.717, 1.165) is 43.9 Å². The smallest absolute Gasteiger partial charge is 0.261 e. The van der Waals surface area contributed by atoms with Gasteiger partial charge in [0.05, 0.1) is 17.4 Å². The summed E-state index contributed by atoms with van der Waals surface area (Å²) in [6.45, 7) is 1.05. The van der Waals surface area contributed by atoms with Crippen molar-refractivity contribution in [1.29, 1.82) is 0 Å². The van der Waals surface area contributed by atoms with Crippen LogP contribution < -0.4 is 10.9 Å². The van der Waals surface area contributed by atoms with Gasteiger partial charge in [-0.1, -0.05) is 0 Å². The Labute approximate surface area is 148 Å². The van der Waals surface area contributed by atoms with Crippen LogP contribution >= 0.6 is 0 Å². The van der Waals surface area contributed by atoms with Gasteiger partial charge in [-0.3, -0.25) is 14.2 Å². The molecule has 1 saturated carbocycles. The van der Waals surface area contributed by atoms with E-state index in [1.54, 1.807) is 29.1 Å². The van der Waals surface area contributed by atoms with Crippen molar-refractivity contribution < 1.29 is 4.79 Å². The minimum absolute atomic E-state index is 0.0213. The highest BCUT2D eigenvalue weighted by Gasteiger charge is 2.26. The number of aryl methyl sites for hydroxylation is 1. The third kappa shape index (κ3) is 2.49. The fourth-order valence-electron chi connectivity index (χ4n) is 3.54. The molecule has 2 aliphatic rings. The SMILES string of the molecule is O=C(NCc1nncn1C1CC1)c1ccc2c(=O)n3c(nc2c1)CCC3. The van der Waals surface area contributed by atoms with Crippen molar-refractivity contribution in [2.75, 3.05) is 0 Å². The molecule has 1 aliphatic carbocycles. The predicted octanol–water partition coefficient (Wildman–Crippen LogP) is 1.20. The van der Waals surface area contributed by atoms with E-state index >= 15 is 0 Å². The molecular formula is C18H18N6O2. The van der Waals surface area contributed by atoms with Crippen molar-refractivity contribution in [2.24, 2.45) is 0 Å². The third-order valence-electron chi connectivity index (χ3n) is 5.07. The van der Waals surface area contributed by atoms with Gasteiger partial charge in [-0.2, -0.15) is 0 Å². The molecule has 0 radical (unpaired) electrons. The molecule has 1 fully saturated rings. The lowest BCUT2D eigenvalue weighted by Gasteiger charge is -2.08. The molecule has 0 atom stereocenters. The predicted molar refractivity (Wildman–Crippen MR) is 93.8 cm³/mol. The largest absolute Gasteiger partial charge is 0.345 e. The molecule has 8 heteroatoms. The fourth-order valence-corrected chi connectivity index (χ4v) is 3.54. The first-order valence-corrected chi connectivity index (χ1v) is 8.91. The first-order chi connectivity index (χ1) is 12.7. The Bertz CT molecular complexity index is 1080. The number of carbonyl (C=O) groups excluding carboxylic acids is 1. The second-order valence-electron chi connectivity index (χ2n) is 6.89. The maximum Gasteiger partial charge on any atom is 0.261 e. The van der Waals surface area contributed by atoms with Gasteiger partial charge in [-0.05, 0) is 37.5 Å². The minimum Gasteiger partial charge on any atom is -0.345 e. The lowest BCUT2D eigenvalue weighted by atomic mass is 10.1. The lowest BCUT2D eigenvalue weighted by molar-refractivity contribution is 0.0949. The van der Waals surface area contributed by atoms with Crippen molar-refractivity contribution in [2.45, 2.75) is 44.8 Å². The maximum atomic E-state index is 12.5. The highest BCUT2D eigenvalue weighted by Crippen LogP contribution is 2.35. The van der Waals surface area contributed by atoms with Crippen LogP contribution in [0.15, 0.2) is 29.3 Å². The Hall–Kier alpha value is -3.03. The second-order valence-corrected chi connectivity index (χ2v) is 6.89. The Morgan fingerprint density at radius 1 is 1.31 bits per heavy atom. The van der Waals surface area contributed by atoms with E-state index < -0.39 is 0 Å². The maximum absolute atomic E-state index is 12.5. The van der Waals surface area contributed by atoms with Gasteiger partial charge >= 0.3 is 0 Å². The fraction of sp³-hybridized carbons (Fsp3) is 0.389. The minimum atomic E-state index is -0.209. The molecule has 0 bridgehead atoms. The molecule has 0 saturated heterocycles. The quantitative estimate of drug-likeness (QED) is 0.763. The third-order valence-corrected chi connectivity index (χ3v) is 5.07. The van der Waals surface area contributed by atoms with Crippen LogP contribution in [0.4, 0.5) is 0 Å². The summed E-state index contributed by atoms with van der Waals surface area (Å²) < 4.78 is 3.75. The number of rotatable bonds is 4. The molecule has 1 aromatic carbocycles. The molecule has 1 N–H and O–H groups in total. The van der Waals surface area contributed by atoms with E-state index in [0.29, 0.717) is 29.1 Å². The summed E-state index contributed by atoms with van der Waals surface area (Å²) in [5.74, 6) is 1.35. The number of carbonyl (C=O) groups is 1. The van der Waals surface area contributed by atoms with E-state index in [2.05, 4.69) is 20.5 Å². The van der Waals surface area contributed by atoms with E-state index in [4.69, 9.17) is 0 Å². The van der Waals surface area contributed by atoms with Crippen LogP contribution in [0.2, 0.25) is 0 Å². The molecule has 26 heavy (non-hydrogen) atoms. The first kappa shape index (κ1) is 15.2. The number of benzene rings is 1. The van der Waals surface area contributed by atoms with Crippen molar-refractivity contribution in [3.8, 4) is 0 Å². The van der Waals surface area contributed by atoms with Crippen LogP contribution in [0.3, 0.4) is 0 Å². The van der Waals surface area contributed by atoms with Crippen LogP contribution in [-0.4, -0.2) is 30.2 Å². The van der Waals surface area contributed by atoms with Crippen molar-refractivity contribution in [3.63, 3.8) is 0 Å². The number of hydrogen-bond donors (Lipinski definition) is 1. The molecule has 3 aromatic rings. The molecule has 132 valence electrons. The second kappa shape index (κ2) is 5.76. The number of fused-ring (bicyclic) bond motifs is 2. The number of hydrogen-bond acceptors (Lipinski definition) is 5. The van der Waals surface area contributed by atoms with Gasteiger partial charge in [0.15, 0.2) is 5.82 Å². The highest BCUT2D eigenvalue weighted by atomic mass is 16.1. The normalized spacial score (nSPS) is 16.0. The zero-order chi connectivity index (χ0) is 17.7. The summed E-state index contributed by atoms with van der Waals surface area (Å²) in [5, 5.41) is 11.5. The lowest BCUT2D eigenvalue weighted by Crippen LogP contribution is -2.25. The Kier molecular flexibility index (Phi) is 3.37. The highest BCUT2D eigenvalue weighted by molar-refractivity contribution is 5.97. The summed E-state index contributed by atoms with van der Waals surface area (Å²) in [6, 6.07) is 5.53. The molecule has 8 nitrogen and oxygen atoms in total. The number of nitrogens with one attached hydrogen (secondary N) is 1. The van der Waals surface area contributed by atoms with E-state index in [1.807, 2.05) is 4.57 Å². The monoisotopic (exact) mass is 350 g/mol. The Morgan fingerprint density at radius 3 is 3.04 bits per heavy atom. The zero-order valence-corrected chi connectivity index (χ0v) is 14.2. The van der Waals surface area contributed by atoms with Gasteiger partial charge < -0.3 is 9.88 Å². The first-order valence-electron chi connectivity index (χ1n) is 8.91. The number of aromatic nitrogens is 5. The number of nitrogens with zero attached hydrogens (tertiary/aromatic N) is 5. The average Bonchev–Trinajstić information content (AvgIpc) is 3.19. The summed E-state index contributed by atoms with van der Waals surface area (Å²) in [7, 11) is 0. The zero-order valence-electron chi connectivity index (χ0n) is 14.2. The van der Waals surface area contributed by atoms with Crippen LogP contribution in [0.1, 0.15) is 47.3 Å². The summed E-state index contributed by atoms with van der Waals surface area (Å²) >= 11 is 0. The molecule has 5 rings (SSSR count). The molecular weight excluding hydrogens is 332 g/mol. The molecule has 0 unspecified atom stereocenters. The molecule has 2 aromatic heterocycles. The summed E-state index contributed by atoms with van der Waals surface area (Å²) in [4.78, 5) is 29.6. The standard InChI is InChI=1S/C18H18N6O2/c25-17(19-9-16-22-20-10-24(16)12-4-5-12)11-3-6-13-14(8-11)21-15-2-1-7-23(15)18(13)26/h3,6,8,10,12H,1-2,4-5,7,9H2,(H,19,25). The van der Waals surface area contributed by atoms with Gasteiger partial charge in [0.2, 0.25) is 0 Å². The summed E-state index contributed by atoms with van der Waals surface area (Å²) in [5.41, 5.74) is 1.05. The van der Waals surface area contributed by atoms with Gasteiger partial charge in [0, 0.05) is 24.6 Å². The molecule has 1 amide bonds. The van der Waals surface area contributed by atoms with Gasteiger partial charge in [-0.15, -0.1) is 10.2 Å². The number of amides is 1. The average molecular weight is 350 g/mol. The van der Waals surface area contributed by atoms with Crippen LogP contribution in [0.5, 0.6) is 0 Å². The topological polar surface area (TPSA) is 94.7 Å². The molecule has 1 aliphatic heterocycles. The van der Waals surface area contributed by atoms with Crippen LogP contribution in [0, 0.1) is 0 Å². The summed E-state index contributed by atoms with van der Waals surface area (Å²) in [6.07, 6.45) is 5.73. The van der Waals surface area contributed by atoms with Gasteiger partial charge in [0.25, 0.3) is 11.5 Å². The van der Waals surface area contributed by atoms with Gasteiger partial charge in [-0.25, -0.2) is 4.98 Å². The molecule has 0 spiro atoms. The van der Waals surface area contributed by atoms with Crippen LogP contribution in [0.25, 0.3) is 10.9 Å². The van der Waals surface area contributed by atoms with Crippen molar-refractivity contribution >= 4 is 16.8 Å². The Balaban J connectivity index is 1.40. The van der Waals surface area contributed by atoms with Crippen LogP contribution in [-0.2, 0) is 19.5 Å².